The number of fused-ring (bicyclic) bond motifs is 4. The van der Waals surface area contributed by atoms with Gasteiger partial charge in [0, 0.05) is 44.3 Å². The van der Waals surface area contributed by atoms with Crippen molar-refractivity contribution in [1.29, 1.82) is 0 Å². The molecule has 0 radical (unpaired) electrons. The van der Waals surface area contributed by atoms with Crippen molar-refractivity contribution < 1.29 is 52.5 Å². The van der Waals surface area contributed by atoms with Gasteiger partial charge in [-0.1, -0.05) is 6.92 Å². The van der Waals surface area contributed by atoms with Crippen LogP contribution in [0.15, 0.2) is 23.0 Å². The lowest BCUT2D eigenvalue weighted by molar-refractivity contribution is -0.183. The summed E-state index contributed by atoms with van der Waals surface area (Å²) >= 11 is 0. The maximum atomic E-state index is 13.7. The van der Waals surface area contributed by atoms with Gasteiger partial charge in [0.15, 0.2) is 5.76 Å². The molecule has 1 aliphatic heterocycles. The van der Waals surface area contributed by atoms with Crippen LogP contribution in [0, 0.1) is 28.1 Å². The van der Waals surface area contributed by atoms with E-state index < -0.39 is 58.2 Å². The molecule has 0 N–H and O–H groups in total. The number of hydrogen-bond donors (Lipinski definition) is 0. The van der Waals surface area contributed by atoms with E-state index in [2.05, 4.69) is 0 Å². The first-order valence-electron chi connectivity index (χ1n) is 13.0. The zero-order chi connectivity index (χ0) is 28.9. The molecule has 0 aromatic rings. The third kappa shape index (κ3) is 4.65. The van der Waals surface area contributed by atoms with Gasteiger partial charge in [0.05, 0.1) is 5.41 Å². The number of rotatable bonds is 6. The van der Waals surface area contributed by atoms with Gasteiger partial charge < -0.3 is 23.7 Å². The highest BCUT2D eigenvalue weighted by molar-refractivity contribution is 6.01. The van der Waals surface area contributed by atoms with Crippen molar-refractivity contribution >= 4 is 35.6 Å². The number of Topliss-reactive ketones (excluding diaryl/α,β-unsaturated/α-hetero) is 1. The molecule has 212 valence electrons. The number of esters is 5. The molecule has 11 nitrogen and oxygen atoms in total. The minimum Gasteiger partial charge on any atom is -0.465 e. The summed E-state index contributed by atoms with van der Waals surface area (Å²) in [4.78, 5) is 74.3. The summed E-state index contributed by atoms with van der Waals surface area (Å²) in [6, 6.07) is 0. The first-order valence-corrected chi connectivity index (χ1v) is 13.0. The van der Waals surface area contributed by atoms with Gasteiger partial charge in [-0.2, -0.15) is 0 Å². The molecule has 0 aromatic heterocycles. The monoisotopic (exact) mass is 546 g/mol. The molecule has 0 amide bonds. The maximum absolute atomic E-state index is 13.7. The molecule has 0 aromatic carbocycles. The molecule has 3 aliphatic carbocycles. The molecule has 1 saturated carbocycles. The topological polar surface area (TPSA) is 149 Å². The van der Waals surface area contributed by atoms with Crippen LogP contribution in [0.3, 0.4) is 0 Å². The van der Waals surface area contributed by atoms with Crippen LogP contribution in [0.2, 0.25) is 0 Å². The second-order valence-electron chi connectivity index (χ2n) is 11.4. The number of carbonyl (C=O) groups excluding carboxylic acids is 6. The molecule has 39 heavy (non-hydrogen) atoms. The molecule has 0 saturated heterocycles. The van der Waals surface area contributed by atoms with Crippen LogP contribution in [-0.2, 0) is 52.5 Å². The standard InChI is InChI=1S/C28H34O11/c1-14(29)35-12-27(6)20-9-10-28(13-36-15(2)30)21(26(20,5)11-19(23(27)33)37-16(3)31)8-7-18-22(28)25(38-17(4)32)39-24(18)34/h11,20-21,25H,7-10,12-13H2,1-6H3. The lowest BCUT2D eigenvalue weighted by Crippen LogP contribution is -2.62. The number of ketones is 1. The third-order valence-corrected chi connectivity index (χ3v) is 8.88. The second kappa shape index (κ2) is 9.91. The number of carbonyl (C=O) groups is 6. The number of allylic oxidation sites excluding steroid dienone is 2. The van der Waals surface area contributed by atoms with Gasteiger partial charge in [0.2, 0.25) is 5.78 Å². The molecule has 6 unspecified atom stereocenters. The molecule has 1 heterocycles. The van der Waals surface area contributed by atoms with Crippen LogP contribution in [0.5, 0.6) is 0 Å². The average molecular weight is 547 g/mol. The van der Waals surface area contributed by atoms with Crippen LogP contribution in [0.4, 0.5) is 0 Å². The summed E-state index contributed by atoms with van der Waals surface area (Å²) in [6.07, 6.45) is 1.94. The van der Waals surface area contributed by atoms with Crippen LogP contribution in [-0.4, -0.2) is 55.1 Å². The van der Waals surface area contributed by atoms with Crippen LogP contribution in [0.25, 0.3) is 0 Å². The summed E-state index contributed by atoms with van der Waals surface area (Å²) in [6.45, 7) is 8.27. The van der Waals surface area contributed by atoms with Gasteiger partial charge in [-0.05, 0) is 55.9 Å². The van der Waals surface area contributed by atoms with E-state index in [1.165, 1.54) is 27.7 Å². The van der Waals surface area contributed by atoms with E-state index >= 15 is 0 Å². The lowest BCUT2D eigenvalue weighted by atomic mass is 9.41. The summed E-state index contributed by atoms with van der Waals surface area (Å²) in [5, 5.41) is 0. The zero-order valence-corrected chi connectivity index (χ0v) is 23.0. The van der Waals surface area contributed by atoms with E-state index in [4.69, 9.17) is 23.7 Å². The summed E-state index contributed by atoms with van der Waals surface area (Å²) < 4.78 is 27.2. The third-order valence-electron chi connectivity index (χ3n) is 8.88. The Morgan fingerprint density at radius 1 is 0.897 bits per heavy atom. The average Bonchev–Trinajstić information content (AvgIpc) is 3.14. The first kappa shape index (κ1) is 28.5. The number of hydrogen-bond acceptors (Lipinski definition) is 11. The Labute approximate surface area is 226 Å². The molecular formula is C28H34O11. The van der Waals surface area contributed by atoms with Crippen LogP contribution < -0.4 is 0 Å². The zero-order valence-electron chi connectivity index (χ0n) is 23.0. The van der Waals surface area contributed by atoms with Crippen LogP contribution >= 0.6 is 0 Å². The van der Waals surface area contributed by atoms with Crippen molar-refractivity contribution in [2.45, 2.75) is 73.5 Å². The summed E-state index contributed by atoms with van der Waals surface area (Å²) in [5.74, 6) is -4.27. The Bertz CT molecular complexity index is 1210. The summed E-state index contributed by atoms with van der Waals surface area (Å²) in [5.41, 5.74) is -2.18. The lowest BCUT2D eigenvalue weighted by Gasteiger charge is -2.62. The second-order valence-corrected chi connectivity index (χ2v) is 11.4. The Balaban J connectivity index is 1.91. The smallest absolute Gasteiger partial charge is 0.337 e. The van der Waals surface area contributed by atoms with Gasteiger partial charge in [0.25, 0.3) is 6.29 Å². The number of cyclic esters (lactones) is 1. The predicted molar refractivity (Wildman–Crippen MR) is 131 cm³/mol. The fourth-order valence-corrected chi connectivity index (χ4v) is 7.53. The summed E-state index contributed by atoms with van der Waals surface area (Å²) in [7, 11) is 0. The fraction of sp³-hybridized carbons (Fsp3) is 0.643. The molecule has 0 bridgehead atoms. The van der Waals surface area contributed by atoms with E-state index in [0.29, 0.717) is 36.8 Å². The predicted octanol–water partition coefficient (Wildman–Crippen LogP) is 2.70. The van der Waals surface area contributed by atoms with E-state index in [1.54, 1.807) is 13.0 Å². The SMILES string of the molecule is CC(=O)OCC1(C)C(=O)C(OC(C)=O)=CC2(C)C1CCC1(COC(C)=O)C3=C(CCC12)C(=O)OC3OC(C)=O. The normalized spacial score (nSPS) is 35.0. The van der Waals surface area contributed by atoms with Gasteiger partial charge in [-0.15, -0.1) is 0 Å². The van der Waals surface area contributed by atoms with Crippen molar-refractivity contribution in [1.82, 2.24) is 0 Å². The van der Waals surface area contributed by atoms with Gasteiger partial charge >= 0.3 is 29.8 Å². The highest BCUT2D eigenvalue weighted by Gasteiger charge is 2.68. The molecule has 11 heteroatoms. The molecule has 4 rings (SSSR count). The van der Waals surface area contributed by atoms with Crippen molar-refractivity contribution in [3.63, 3.8) is 0 Å². The molecule has 1 fully saturated rings. The Morgan fingerprint density at radius 2 is 1.54 bits per heavy atom. The first-order chi connectivity index (χ1) is 18.2. The number of ether oxygens (including phenoxy) is 5. The van der Waals surface area contributed by atoms with Crippen molar-refractivity contribution in [3.05, 3.63) is 23.0 Å². The Morgan fingerprint density at radius 3 is 2.13 bits per heavy atom. The van der Waals surface area contributed by atoms with Gasteiger partial charge in [0.1, 0.15) is 13.2 Å². The molecule has 6 atom stereocenters. The van der Waals surface area contributed by atoms with E-state index in [1.807, 2.05) is 6.92 Å². The minimum absolute atomic E-state index is 0.103. The maximum Gasteiger partial charge on any atom is 0.337 e. The Kier molecular flexibility index (Phi) is 7.24. The van der Waals surface area contributed by atoms with Crippen molar-refractivity contribution in [2.75, 3.05) is 13.2 Å². The fourth-order valence-electron chi connectivity index (χ4n) is 7.53. The molecule has 0 spiro atoms. The Hall–Kier alpha value is -3.50. The van der Waals surface area contributed by atoms with E-state index in [-0.39, 0.29) is 30.8 Å². The highest BCUT2D eigenvalue weighted by atomic mass is 16.7. The largest absolute Gasteiger partial charge is 0.465 e. The minimum atomic E-state index is -1.27. The molecular weight excluding hydrogens is 512 g/mol. The molecule has 4 aliphatic rings. The van der Waals surface area contributed by atoms with E-state index in [9.17, 15) is 28.8 Å². The van der Waals surface area contributed by atoms with Gasteiger partial charge in [-0.25, -0.2) is 4.79 Å². The quantitative estimate of drug-likeness (QED) is 0.357. The van der Waals surface area contributed by atoms with Crippen LogP contribution in [0.1, 0.15) is 67.2 Å². The highest BCUT2D eigenvalue weighted by Crippen LogP contribution is 2.68. The van der Waals surface area contributed by atoms with Gasteiger partial charge in [-0.3, -0.25) is 24.0 Å². The van der Waals surface area contributed by atoms with E-state index in [0.717, 1.165) is 0 Å². The van der Waals surface area contributed by atoms with Crippen molar-refractivity contribution in [2.24, 2.45) is 28.1 Å². The van der Waals surface area contributed by atoms with Crippen molar-refractivity contribution in [3.8, 4) is 0 Å².